The summed E-state index contributed by atoms with van der Waals surface area (Å²) in [5.41, 5.74) is 13.7. The van der Waals surface area contributed by atoms with E-state index in [1.54, 1.807) is 17.2 Å². The highest BCUT2D eigenvalue weighted by Gasteiger charge is 2.33. The Morgan fingerprint density at radius 1 is 1.14 bits per heavy atom. The van der Waals surface area contributed by atoms with Gasteiger partial charge in [0, 0.05) is 17.3 Å². The molecule has 6 nitrogen and oxygen atoms in total. The van der Waals surface area contributed by atoms with E-state index >= 15 is 0 Å². The zero-order chi connectivity index (χ0) is 15.4. The SMILES string of the molecule is CC=Nc1c2c(c3scnc3c1N)C(=N)C(=N)c1ncsc1-2. The summed E-state index contributed by atoms with van der Waals surface area (Å²) in [5.74, 6) is 0. The summed E-state index contributed by atoms with van der Waals surface area (Å²) in [5, 5.41) is 16.6. The molecule has 4 N–H and O–H groups in total. The summed E-state index contributed by atoms with van der Waals surface area (Å²) in [7, 11) is 0. The molecule has 0 atom stereocenters. The lowest BCUT2D eigenvalue weighted by atomic mass is 9.88. The fourth-order valence-corrected chi connectivity index (χ4v) is 4.37. The van der Waals surface area contributed by atoms with E-state index < -0.39 is 0 Å². The van der Waals surface area contributed by atoms with Gasteiger partial charge in [0.2, 0.25) is 0 Å². The van der Waals surface area contributed by atoms with Crippen LogP contribution in [0, 0.1) is 10.8 Å². The third-order valence-electron chi connectivity index (χ3n) is 3.58. The molecule has 1 aliphatic carbocycles. The van der Waals surface area contributed by atoms with E-state index in [2.05, 4.69) is 15.0 Å². The normalized spacial score (nSPS) is 13.9. The third-order valence-corrected chi connectivity index (χ3v) is 5.27. The number of fused-ring (bicyclic) bond motifs is 5. The van der Waals surface area contributed by atoms with Gasteiger partial charge in [0.15, 0.2) is 0 Å². The van der Waals surface area contributed by atoms with Crippen LogP contribution in [0.5, 0.6) is 0 Å². The molecule has 2 aromatic heterocycles. The molecule has 8 heteroatoms. The van der Waals surface area contributed by atoms with Crippen LogP contribution in [0.1, 0.15) is 18.2 Å². The van der Waals surface area contributed by atoms with Gasteiger partial charge >= 0.3 is 0 Å². The Morgan fingerprint density at radius 2 is 1.91 bits per heavy atom. The van der Waals surface area contributed by atoms with Crippen molar-refractivity contribution in [3.63, 3.8) is 0 Å². The van der Waals surface area contributed by atoms with Crippen LogP contribution in [0.15, 0.2) is 16.0 Å². The number of benzene rings is 1. The molecule has 0 bridgehead atoms. The quantitative estimate of drug-likeness (QED) is 0.470. The summed E-state index contributed by atoms with van der Waals surface area (Å²) >= 11 is 2.87. The van der Waals surface area contributed by atoms with Crippen LogP contribution in [0.25, 0.3) is 20.7 Å². The van der Waals surface area contributed by atoms with E-state index in [-0.39, 0.29) is 11.4 Å². The number of hydrogen-bond donors (Lipinski definition) is 3. The van der Waals surface area contributed by atoms with Gasteiger partial charge in [-0.25, -0.2) is 9.97 Å². The van der Waals surface area contributed by atoms with Crippen LogP contribution in [0.4, 0.5) is 11.4 Å². The van der Waals surface area contributed by atoms with Crippen molar-refractivity contribution in [3.05, 3.63) is 22.3 Å². The highest BCUT2D eigenvalue weighted by Crippen LogP contribution is 2.49. The molecular formula is C14H10N6S2. The lowest BCUT2D eigenvalue weighted by Gasteiger charge is -2.20. The van der Waals surface area contributed by atoms with Crippen LogP contribution in [0.2, 0.25) is 0 Å². The molecule has 0 saturated carbocycles. The highest BCUT2D eigenvalue weighted by atomic mass is 32.1. The van der Waals surface area contributed by atoms with Gasteiger partial charge in [0.05, 0.1) is 37.7 Å². The molecular weight excluding hydrogens is 316 g/mol. The zero-order valence-corrected chi connectivity index (χ0v) is 13.1. The second kappa shape index (κ2) is 4.52. The second-order valence-electron chi connectivity index (χ2n) is 4.71. The first-order chi connectivity index (χ1) is 10.6. The fourth-order valence-electron chi connectivity index (χ4n) is 2.66. The first kappa shape index (κ1) is 13.2. The predicted molar refractivity (Wildman–Crippen MR) is 92.6 cm³/mol. The molecule has 0 radical (unpaired) electrons. The van der Waals surface area contributed by atoms with E-state index in [9.17, 15) is 0 Å². The molecule has 0 aliphatic heterocycles. The Balaban J connectivity index is 2.28. The van der Waals surface area contributed by atoms with E-state index in [1.165, 1.54) is 22.7 Å². The Morgan fingerprint density at radius 3 is 2.68 bits per heavy atom. The lowest BCUT2D eigenvalue weighted by Crippen LogP contribution is -2.21. The smallest absolute Gasteiger partial charge is 0.109 e. The maximum absolute atomic E-state index is 8.39. The van der Waals surface area contributed by atoms with Crippen molar-refractivity contribution in [2.24, 2.45) is 4.99 Å². The molecule has 4 rings (SSSR count). The molecule has 1 aromatic carbocycles. The van der Waals surface area contributed by atoms with Crippen LogP contribution < -0.4 is 5.73 Å². The number of anilines is 1. The van der Waals surface area contributed by atoms with E-state index in [0.717, 1.165) is 15.1 Å². The Bertz CT molecular complexity index is 994. The third kappa shape index (κ3) is 1.50. The maximum Gasteiger partial charge on any atom is 0.109 e. The van der Waals surface area contributed by atoms with Crippen LogP contribution in [-0.4, -0.2) is 27.6 Å². The molecule has 22 heavy (non-hydrogen) atoms. The number of rotatable bonds is 1. The highest BCUT2D eigenvalue weighted by molar-refractivity contribution is 7.18. The summed E-state index contributed by atoms with van der Waals surface area (Å²) in [4.78, 5) is 13.8. The minimum absolute atomic E-state index is 0.134. The number of thiazole rings is 2. The van der Waals surface area contributed by atoms with Crippen molar-refractivity contribution in [1.82, 2.24) is 9.97 Å². The van der Waals surface area contributed by atoms with Crippen molar-refractivity contribution in [2.45, 2.75) is 6.92 Å². The minimum atomic E-state index is 0.134. The van der Waals surface area contributed by atoms with Crippen LogP contribution in [-0.2, 0) is 0 Å². The molecule has 1 aliphatic rings. The summed E-state index contributed by atoms with van der Waals surface area (Å²) in [6.07, 6.45) is 1.68. The molecule has 2 heterocycles. The van der Waals surface area contributed by atoms with Crippen molar-refractivity contribution in [1.29, 1.82) is 10.8 Å². The topological polar surface area (TPSA) is 112 Å². The lowest BCUT2D eigenvalue weighted by molar-refractivity contribution is 1.33. The van der Waals surface area contributed by atoms with E-state index in [4.69, 9.17) is 16.6 Å². The Kier molecular flexibility index (Phi) is 2.72. The van der Waals surface area contributed by atoms with E-state index in [0.29, 0.717) is 28.1 Å². The molecule has 0 saturated heterocycles. The van der Waals surface area contributed by atoms with Crippen molar-refractivity contribution in [3.8, 4) is 10.4 Å². The predicted octanol–water partition coefficient (Wildman–Crippen LogP) is 3.47. The number of hydrogen-bond acceptors (Lipinski definition) is 8. The van der Waals surface area contributed by atoms with Gasteiger partial charge in [-0.2, -0.15) is 0 Å². The summed E-state index contributed by atoms with van der Waals surface area (Å²) in [6, 6.07) is 0. The van der Waals surface area contributed by atoms with Crippen LogP contribution in [0.3, 0.4) is 0 Å². The molecule has 0 unspecified atom stereocenters. The number of nitrogens with zero attached hydrogens (tertiary/aromatic N) is 3. The average Bonchev–Trinajstić information content (AvgIpc) is 3.16. The standard InChI is InChI=1S/C14H10N6S2/c1-2-18-10-6-5(13-12(9(10)17)20-4-21-13)7(15)8(16)11-14(6)22-3-19-11/h2-4,15-16H,17H2,1H3. The molecule has 0 fully saturated rings. The minimum Gasteiger partial charge on any atom is -0.395 e. The van der Waals surface area contributed by atoms with E-state index in [1.807, 2.05) is 6.92 Å². The molecule has 0 amide bonds. The van der Waals surface area contributed by atoms with Crippen molar-refractivity contribution in [2.75, 3.05) is 5.73 Å². The van der Waals surface area contributed by atoms with Gasteiger partial charge in [-0.15, -0.1) is 22.7 Å². The number of aromatic nitrogens is 2. The summed E-state index contributed by atoms with van der Waals surface area (Å²) in [6.45, 7) is 1.82. The largest absolute Gasteiger partial charge is 0.395 e. The number of aliphatic imine (C=N–C) groups is 1. The number of nitrogen functional groups attached to an aromatic ring is 1. The number of nitrogens with one attached hydrogen (secondary N) is 2. The molecule has 0 spiro atoms. The molecule has 3 aromatic rings. The first-order valence-corrected chi connectivity index (χ1v) is 8.20. The summed E-state index contributed by atoms with van der Waals surface area (Å²) < 4.78 is 0.830. The van der Waals surface area contributed by atoms with Crippen molar-refractivity contribution >= 4 is 61.9 Å². The monoisotopic (exact) mass is 326 g/mol. The fraction of sp³-hybridized carbons (Fsp3) is 0.0714. The van der Waals surface area contributed by atoms with Gasteiger partial charge < -0.3 is 5.73 Å². The number of nitrogens with two attached hydrogens (primary N) is 1. The van der Waals surface area contributed by atoms with Gasteiger partial charge in [0.25, 0.3) is 0 Å². The second-order valence-corrected chi connectivity index (χ2v) is 6.42. The van der Waals surface area contributed by atoms with Crippen LogP contribution >= 0.6 is 22.7 Å². The van der Waals surface area contributed by atoms with Gasteiger partial charge in [-0.3, -0.25) is 15.8 Å². The Hall–Kier alpha value is -2.45. The van der Waals surface area contributed by atoms with Gasteiger partial charge in [0.1, 0.15) is 16.9 Å². The van der Waals surface area contributed by atoms with Gasteiger partial charge in [-0.05, 0) is 6.92 Å². The van der Waals surface area contributed by atoms with Gasteiger partial charge in [-0.1, -0.05) is 0 Å². The average molecular weight is 326 g/mol. The Labute approximate surface area is 133 Å². The van der Waals surface area contributed by atoms with Crippen molar-refractivity contribution < 1.29 is 0 Å². The molecule has 108 valence electrons. The maximum atomic E-state index is 8.39. The first-order valence-electron chi connectivity index (χ1n) is 6.44. The zero-order valence-electron chi connectivity index (χ0n) is 11.5.